The number of anilines is 1. The minimum absolute atomic E-state index is 0.159. The van der Waals surface area contributed by atoms with E-state index in [1.54, 1.807) is 0 Å². The zero-order valence-corrected chi connectivity index (χ0v) is 10.9. The maximum atomic E-state index is 13.5. The lowest BCUT2D eigenvalue weighted by atomic mass is 10.2. The minimum atomic E-state index is -0.655. The second-order valence-corrected chi connectivity index (χ2v) is 4.69. The monoisotopic (exact) mass is 273 g/mol. The number of hydrogen-bond donors (Lipinski definition) is 2. The van der Waals surface area contributed by atoms with Crippen molar-refractivity contribution in [2.24, 2.45) is 0 Å². The van der Waals surface area contributed by atoms with Gasteiger partial charge in [0, 0.05) is 11.8 Å². The van der Waals surface area contributed by atoms with E-state index in [-0.39, 0.29) is 5.52 Å². The van der Waals surface area contributed by atoms with E-state index in [1.165, 1.54) is 11.6 Å². The standard InChI is InChI=1S/C15H13F2N3/c1-9-2-4-11(5-3-9)18-8-14-19-13-7-10(16)6-12(17)15(13)20-14/h2-7,18H,8H2,1H3,(H,19,20). The van der Waals surface area contributed by atoms with Gasteiger partial charge in [-0.05, 0) is 25.1 Å². The van der Waals surface area contributed by atoms with Crippen LogP contribution in [0.15, 0.2) is 36.4 Å². The van der Waals surface area contributed by atoms with Crippen LogP contribution in [-0.4, -0.2) is 9.97 Å². The molecule has 0 fully saturated rings. The summed E-state index contributed by atoms with van der Waals surface area (Å²) in [6.07, 6.45) is 0. The van der Waals surface area contributed by atoms with E-state index in [1.807, 2.05) is 31.2 Å². The van der Waals surface area contributed by atoms with Crippen molar-refractivity contribution in [3.63, 3.8) is 0 Å². The number of halogens is 2. The quantitative estimate of drug-likeness (QED) is 0.762. The number of nitrogens with zero attached hydrogens (tertiary/aromatic N) is 1. The van der Waals surface area contributed by atoms with Gasteiger partial charge in [0.15, 0.2) is 5.82 Å². The first kappa shape index (κ1) is 12.6. The fourth-order valence-corrected chi connectivity index (χ4v) is 2.03. The molecule has 0 amide bonds. The van der Waals surface area contributed by atoms with Gasteiger partial charge in [0.25, 0.3) is 0 Å². The first-order valence-corrected chi connectivity index (χ1v) is 6.26. The summed E-state index contributed by atoms with van der Waals surface area (Å²) < 4.78 is 26.6. The molecule has 102 valence electrons. The Bertz CT molecular complexity index is 748. The number of aryl methyl sites for hydroxylation is 1. The molecule has 0 aliphatic rings. The van der Waals surface area contributed by atoms with Crippen LogP contribution >= 0.6 is 0 Å². The molecule has 0 atom stereocenters. The SMILES string of the molecule is Cc1ccc(NCc2nc3c(F)cc(F)cc3[nH]2)cc1. The van der Waals surface area contributed by atoms with Gasteiger partial charge in [0.2, 0.25) is 0 Å². The Kier molecular flexibility index (Phi) is 3.10. The van der Waals surface area contributed by atoms with Gasteiger partial charge in [0.05, 0.1) is 12.1 Å². The highest BCUT2D eigenvalue weighted by atomic mass is 19.1. The van der Waals surface area contributed by atoms with E-state index in [2.05, 4.69) is 15.3 Å². The van der Waals surface area contributed by atoms with Gasteiger partial charge in [-0.15, -0.1) is 0 Å². The van der Waals surface area contributed by atoms with Crippen LogP contribution in [0.2, 0.25) is 0 Å². The Morgan fingerprint density at radius 2 is 1.90 bits per heavy atom. The minimum Gasteiger partial charge on any atom is -0.378 e. The van der Waals surface area contributed by atoms with E-state index in [0.29, 0.717) is 17.9 Å². The maximum absolute atomic E-state index is 13.5. The molecule has 2 aromatic carbocycles. The fourth-order valence-electron chi connectivity index (χ4n) is 2.03. The van der Waals surface area contributed by atoms with Gasteiger partial charge in [-0.3, -0.25) is 0 Å². The summed E-state index contributed by atoms with van der Waals surface area (Å²) in [6, 6.07) is 9.98. The zero-order chi connectivity index (χ0) is 14.1. The van der Waals surface area contributed by atoms with Gasteiger partial charge in [-0.25, -0.2) is 13.8 Å². The van der Waals surface area contributed by atoms with Crippen LogP contribution in [0.3, 0.4) is 0 Å². The number of imidazole rings is 1. The topological polar surface area (TPSA) is 40.7 Å². The number of aromatic nitrogens is 2. The lowest BCUT2D eigenvalue weighted by molar-refractivity contribution is 0.590. The van der Waals surface area contributed by atoms with E-state index >= 15 is 0 Å². The third-order valence-corrected chi connectivity index (χ3v) is 3.07. The van der Waals surface area contributed by atoms with Crippen LogP contribution < -0.4 is 5.32 Å². The van der Waals surface area contributed by atoms with Crippen molar-refractivity contribution < 1.29 is 8.78 Å². The molecule has 3 aromatic rings. The van der Waals surface area contributed by atoms with Crippen molar-refractivity contribution in [3.8, 4) is 0 Å². The van der Waals surface area contributed by atoms with Crippen molar-refractivity contribution in [2.45, 2.75) is 13.5 Å². The lowest BCUT2D eigenvalue weighted by Gasteiger charge is -2.04. The molecule has 0 saturated carbocycles. The summed E-state index contributed by atoms with van der Waals surface area (Å²) in [4.78, 5) is 7.03. The van der Waals surface area contributed by atoms with Crippen molar-refractivity contribution in [1.82, 2.24) is 9.97 Å². The van der Waals surface area contributed by atoms with Crippen LogP contribution in [0.1, 0.15) is 11.4 Å². The normalized spacial score (nSPS) is 10.9. The van der Waals surface area contributed by atoms with Crippen molar-refractivity contribution in [1.29, 1.82) is 0 Å². The highest BCUT2D eigenvalue weighted by Crippen LogP contribution is 2.18. The number of H-pyrrole nitrogens is 1. The summed E-state index contributed by atoms with van der Waals surface area (Å²) in [5.74, 6) is -0.709. The Morgan fingerprint density at radius 3 is 2.65 bits per heavy atom. The van der Waals surface area contributed by atoms with Crippen molar-refractivity contribution in [3.05, 3.63) is 59.4 Å². The third-order valence-electron chi connectivity index (χ3n) is 3.07. The Labute approximate surface area is 114 Å². The van der Waals surface area contributed by atoms with Crippen molar-refractivity contribution in [2.75, 3.05) is 5.32 Å². The highest BCUT2D eigenvalue weighted by molar-refractivity contribution is 5.75. The van der Waals surface area contributed by atoms with Gasteiger partial charge < -0.3 is 10.3 Å². The molecular formula is C15H13F2N3. The summed E-state index contributed by atoms with van der Waals surface area (Å²) in [7, 11) is 0. The molecule has 0 saturated heterocycles. The Hall–Kier alpha value is -2.43. The molecule has 0 bridgehead atoms. The Morgan fingerprint density at radius 1 is 1.15 bits per heavy atom. The Balaban J connectivity index is 1.81. The lowest BCUT2D eigenvalue weighted by Crippen LogP contribution is -2.00. The number of rotatable bonds is 3. The molecule has 20 heavy (non-hydrogen) atoms. The van der Waals surface area contributed by atoms with E-state index in [9.17, 15) is 8.78 Å². The van der Waals surface area contributed by atoms with Crippen LogP contribution in [0, 0.1) is 18.6 Å². The van der Waals surface area contributed by atoms with Gasteiger partial charge in [-0.1, -0.05) is 17.7 Å². The zero-order valence-electron chi connectivity index (χ0n) is 10.9. The summed E-state index contributed by atoms with van der Waals surface area (Å²) >= 11 is 0. The largest absolute Gasteiger partial charge is 0.378 e. The molecule has 0 spiro atoms. The molecular weight excluding hydrogens is 260 g/mol. The number of fused-ring (bicyclic) bond motifs is 1. The first-order chi connectivity index (χ1) is 9.61. The van der Waals surface area contributed by atoms with E-state index in [0.717, 1.165) is 11.8 Å². The number of hydrogen-bond acceptors (Lipinski definition) is 2. The molecule has 1 heterocycles. The van der Waals surface area contributed by atoms with Crippen LogP contribution in [0.4, 0.5) is 14.5 Å². The number of nitrogens with one attached hydrogen (secondary N) is 2. The van der Waals surface area contributed by atoms with Gasteiger partial charge in [0.1, 0.15) is 17.2 Å². The molecule has 1 aromatic heterocycles. The summed E-state index contributed by atoms with van der Waals surface area (Å²) in [5, 5.41) is 3.17. The fraction of sp³-hybridized carbons (Fsp3) is 0.133. The van der Waals surface area contributed by atoms with Crippen LogP contribution in [-0.2, 0) is 6.54 Å². The predicted octanol–water partition coefficient (Wildman–Crippen LogP) is 3.76. The molecule has 0 unspecified atom stereocenters. The number of aromatic amines is 1. The van der Waals surface area contributed by atoms with Crippen LogP contribution in [0.25, 0.3) is 11.0 Å². The molecule has 3 nitrogen and oxygen atoms in total. The summed E-state index contributed by atoms with van der Waals surface area (Å²) in [5.41, 5.74) is 2.65. The molecule has 0 radical (unpaired) electrons. The third kappa shape index (κ3) is 2.47. The van der Waals surface area contributed by atoms with Crippen LogP contribution in [0.5, 0.6) is 0 Å². The summed E-state index contributed by atoms with van der Waals surface area (Å²) in [6.45, 7) is 2.43. The average molecular weight is 273 g/mol. The average Bonchev–Trinajstić information content (AvgIpc) is 2.81. The highest BCUT2D eigenvalue weighted by Gasteiger charge is 2.09. The molecule has 5 heteroatoms. The van der Waals surface area contributed by atoms with E-state index < -0.39 is 11.6 Å². The molecule has 0 aliphatic heterocycles. The number of benzene rings is 2. The molecule has 3 rings (SSSR count). The maximum Gasteiger partial charge on any atom is 0.153 e. The first-order valence-electron chi connectivity index (χ1n) is 6.26. The molecule has 0 aliphatic carbocycles. The smallest absolute Gasteiger partial charge is 0.153 e. The van der Waals surface area contributed by atoms with Crippen molar-refractivity contribution >= 4 is 16.7 Å². The second-order valence-electron chi connectivity index (χ2n) is 4.69. The van der Waals surface area contributed by atoms with Gasteiger partial charge >= 0.3 is 0 Å². The van der Waals surface area contributed by atoms with E-state index in [4.69, 9.17) is 0 Å². The predicted molar refractivity (Wildman–Crippen MR) is 74.5 cm³/mol. The second kappa shape index (κ2) is 4.92. The molecule has 2 N–H and O–H groups in total. The van der Waals surface area contributed by atoms with Gasteiger partial charge in [-0.2, -0.15) is 0 Å².